The second-order valence-corrected chi connectivity index (χ2v) is 3190. The molecule has 0 radical (unpaired) electrons. The molecule has 0 aromatic carbocycles. The van der Waals surface area contributed by atoms with Crippen LogP contribution in [0.4, 0.5) is 0 Å². The van der Waals surface area contributed by atoms with Crippen LogP contribution >= 0.6 is 1760 Å². The van der Waals surface area contributed by atoms with Gasteiger partial charge in [0.05, 0.1) is 0 Å². The molecule has 0 unspecified atom stereocenters. The molecule has 932 valence electrons. The van der Waals surface area contributed by atoms with E-state index in [1.807, 2.05) is 0 Å². The Hall–Kier alpha value is 97.1. The van der Waals surface area contributed by atoms with Gasteiger partial charge in [-0.15, -0.1) is 0 Å². The van der Waals surface area contributed by atoms with Gasteiger partial charge in [0, 0.05) is 0 Å². The molecule has 0 bridgehead atoms. The van der Waals surface area contributed by atoms with E-state index < -0.39 is 513 Å². The number of hydrogen-bond donors (Lipinski definition) is 0. The summed E-state index contributed by atoms with van der Waals surface area (Å²) in [6, 6.07) is 0. The van der Waals surface area contributed by atoms with Crippen molar-refractivity contribution in [2.75, 3.05) is 0 Å². The summed E-state index contributed by atoms with van der Waals surface area (Å²) >= 11 is 230. The predicted octanol–water partition coefficient (Wildman–Crippen LogP) is 114. The standard InChI is InChI=1S/I133/c1-68-70(4)72(6)74(8)76(10)78(12)80(14)82(16)84(18)86(20)88(22)90(24)92(26)94(28)96(30)98(32)100(34)102(36)104(38)106(40)108(42)110(44)112(46)114(48)116(50)118(52)120(54)122(56)124(58)126(60)128(62)130(64)132(66)133(67)131(65)129(63)127(61)125(59)123(57)121(55)119(53)117(51)115(49)113(47)111(45)109(43)107(41)105(39)103(37)101(35)99(33)97(31)95(29)93(27)91(25)89(23)87(21)85(19)83(17)81(15)79(13)77(11)75(9)73(7)71(5)69(2)3/q-1. The van der Waals surface area contributed by atoms with Crippen LogP contribution in [0.3, 0.4) is 0 Å². The van der Waals surface area contributed by atoms with Crippen LogP contribution in [0, 0.1) is 0 Å². The first kappa shape index (κ1) is 230. The third kappa shape index (κ3) is 93.7. The molecule has 0 rings (SSSR count). The SMILES string of the molecule is I[I-]I(I)I(I)I(I)I(I)I(I)I(I)I(I)I(I)I(I)I(I)I(I)I(I)I(I)I(I)I(I)I(I)I(I)I(I)I(I)I(I)I(I)I(I)I(I)I(I)I(I)I(I)I(I)I(I)I(I)I(I)I(I)I(I)I(I)I(I)I(I)I(I)I(I)I(I)I(I)I(I)I(I)I(I)I(I)I(I)I(I)I(I)I(I)I(I)I(I)I(I)I(I)I(I)I(I)I(I)I(I)I(I)I(I)I(I)I(I)I(I)I(I)I(I)I(I)I(I)I(I)I. The van der Waals surface area contributed by atoms with Crippen molar-refractivity contribution >= 4 is 1760 Å². The van der Waals surface area contributed by atoms with Crippen LogP contribution in [-0.4, -0.2) is 0 Å². The second kappa shape index (κ2) is 139. The van der Waals surface area contributed by atoms with Gasteiger partial charge in [0.1, 0.15) is 0 Å². The fraction of sp³-hybridized carbons (Fsp3) is 0. The fourth-order valence-electron chi connectivity index (χ4n) is 1.96. The molecule has 0 aliphatic carbocycles. The Balaban J connectivity index is 5.99. The molecule has 0 N–H and O–H groups in total. The summed E-state index contributed by atoms with van der Waals surface area (Å²) < 4.78 is 0. The molecule has 0 aromatic rings. The zero-order valence-corrected chi connectivity index (χ0v) is 337. The Kier molecular flexibility index (Phi) is 240. The van der Waals surface area contributed by atoms with E-state index in [1.54, 1.807) is 0 Å². The van der Waals surface area contributed by atoms with Crippen LogP contribution in [0.2, 0.25) is 0 Å². The van der Waals surface area contributed by atoms with Crippen molar-refractivity contribution in [2.45, 2.75) is 0 Å². The van der Waals surface area contributed by atoms with E-state index in [2.05, 4.69) is 1250 Å². The molecule has 0 nitrogen and oxygen atoms in total. The molecule has 0 spiro atoms. The number of halogens is 133. The molecule has 0 atom stereocenters. The van der Waals surface area contributed by atoms with Crippen molar-refractivity contribution in [3.8, 4) is 0 Å². The maximum atomic E-state index is 3.51. The first-order valence-electron chi connectivity index (χ1n) is 18.9. The van der Waals surface area contributed by atoms with E-state index >= 15 is 0 Å². The van der Waals surface area contributed by atoms with Crippen molar-refractivity contribution in [1.82, 2.24) is 0 Å². The molecule has 133 heavy (non-hydrogen) atoms. The average molecular weight is 16900 g/mol. The molecule has 0 aliphatic rings. The van der Waals surface area contributed by atoms with E-state index in [-0.39, 0.29) is 0 Å². The van der Waals surface area contributed by atoms with Crippen LogP contribution in [0.5, 0.6) is 0 Å². The zero-order chi connectivity index (χ0) is 105. The second-order valence-electron chi connectivity index (χ2n) is 10.6. The third-order valence-electron chi connectivity index (χ3n) is 5.27. The van der Waals surface area contributed by atoms with Crippen LogP contribution in [0.1, 0.15) is 0 Å². The van der Waals surface area contributed by atoms with E-state index in [0.29, 0.717) is 13.3 Å². The molecular weight excluding hydrogens is 16900 g/mol. The van der Waals surface area contributed by atoms with E-state index in [9.17, 15) is 0 Å². The van der Waals surface area contributed by atoms with Gasteiger partial charge in [0.15, 0.2) is 0 Å². The Morgan fingerprint density at radius 1 is 0.0677 bits per heavy atom. The Labute approximate surface area is 1660 Å². The van der Waals surface area contributed by atoms with Gasteiger partial charge in [-0.25, -0.2) is 0 Å². The van der Waals surface area contributed by atoms with E-state index in [4.69, 9.17) is 0 Å². The van der Waals surface area contributed by atoms with Gasteiger partial charge in [-0.05, 0) is 0 Å². The van der Waals surface area contributed by atoms with Gasteiger partial charge >= 0.3 is 1770 Å². The summed E-state index contributed by atoms with van der Waals surface area (Å²) in [4.78, 5) is 0. The molecule has 0 saturated heterocycles. The Morgan fingerprint density at radius 2 is 0.113 bits per heavy atom. The molecule has 0 fully saturated rings. The van der Waals surface area contributed by atoms with Crippen molar-refractivity contribution in [3.63, 3.8) is 0 Å². The Morgan fingerprint density at radius 3 is 0.158 bits per heavy atom. The normalized spacial score (nSPS) is 19.2. The first-order chi connectivity index (χ1) is 60.6. The monoisotopic (exact) mass is 16900 g/mol. The topological polar surface area (TPSA) is 0 Å². The summed E-state index contributed by atoms with van der Waals surface area (Å²) in [5, 5.41) is 0. The number of rotatable bonds is 65. The summed E-state index contributed by atoms with van der Waals surface area (Å²) in [7, 11) is -41.4. The average Bonchev–Trinajstić information content (AvgIpc) is 0.817. The van der Waals surface area contributed by atoms with E-state index in [1.165, 1.54) is 0 Å². The number of hydrogen-bond acceptors (Lipinski definition) is 0. The molecule has 0 heterocycles. The molecule has 133 heteroatoms. The minimum absolute atomic E-state index is 0.429. The van der Waals surface area contributed by atoms with Gasteiger partial charge in [-0.3, -0.25) is 0 Å². The molecule has 0 saturated carbocycles. The summed E-state index contributed by atoms with van der Waals surface area (Å²) in [6.07, 6.45) is 0. The van der Waals surface area contributed by atoms with Crippen LogP contribution in [-0.2, 0) is 0 Å². The van der Waals surface area contributed by atoms with Crippen molar-refractivity contribution in [2.24, 2.45) is 0 Å². The van der Waals surface area contributed by atoms with Gasteiger partial charge in [-0.1, -0.05) is 0 Å². The van der Waals surface area contributed by atoms with Gasteiger partial charge < -0.3 is 0 Å². The summed E-state index contributed by atoms with van der Waals surface area (Å²) in [5.74, 6) is 0. The Bertz CT molecular complexity index is 2760. The van der Waals surface area contributed by atoms with Crippen LogP contribution < -0.4 is 13.3 Å². The minimum atomic E-state index is -0.684. The van der Waals surface area contributed by atoms with Gasteiger partial charge in [-0.2, -0.15) is 0 Å². The van der Waals surface area contributed by atoms with Crippen LogP contribution in [0.25, 0.3) is 0 Å². The summed E-state index contributed by atoms with van der Waals surface area (Å²) in [6.45, 7) is 0. The summed E-state index contributed by atoms with van der Waals surface area (Å²) in [5.41, 5.74) is 0. The fourth-order valence-corrected chi connectivity index (χ4v) is 26600. The van der Waals surface area contributed by atoms with Crippen LogP contribution in [0.15, 0.2) is 0 Å². The molecule has 0 aliphatic heterocycles. The van der Waals surface area contributed by atoms with Gasteiger partial charge in [0.25, 0.3) is 0 Å². The predicted molar refractivity (Wildman–Crippen MR) is 1850 cm³/mol. The van der Waals surface area contributed by atoms with E-state index in [0.717, 1.165) is 0 Å². The molecule has 0 aromatic heterocycles. The molecule has 0 amide bonds. The van der Waals surface area contributed by atoms with Gasteiger partial charge in [0.2, 0.25) is 0 Å². The quantitative estimate of drug-likeness (QED) is 0.0533. The third-order valence-corrected chi connectivity index (χ3v) is 10700. The molecular formula is I133-. The first-order valence-corrected chi connectivity index (χ1v) is 849. The van der Waals surface area contributed by atoms with Crippen molar-refractivity contribution in [1.29, 1.82) is 0 Å². The maximum absolute atomic E-state index is 3.51. The van der Waals surface area contributed by atoms with Crippen molar-refractivity contribution < 1.29 is 13.3 Å². The zero-order valence-electron chi connectivity index (χ0n) is 50.3. The van der Waals surface area contributed by atoms with Crippen molar-refractivity contribution in [3.05, 3.63) is 0 Å².